The van der Waals surface area contributed by atoms with Crippen molar-refractivity contribution in [3.05, 3.63) is 69.6 Å². The fraction of sp³-hybridized carbons (Fsp3) is 0.111. The molecule has 0 fully saturated rings. The van der Waals surface area contributed by atoms with E-state index in [0.29, 0.717) is 15.7 Å². The Balaban J connectivity index is 1.82. The molecule has 0 saturated carbocycles. The molecule has 0 unspecified atom stereocenters. The van der Waals surface area contributed by atoms with Gasteiger partial charge in [-0.05, 0) is 31.5 Å². The van der Waals surface area contributed by atoms with Crippen molar-refractivity contribution in [1.82, 2.24) is 4.98 Å². The molecule has 0 spiro atoms. The number of carbonyl (C=O) groups is 1. The van der Waals surface area contributed by atoms with Crippen LogP contribution in [0.5, 0.6) is 0 Å². The summed E-state index contributed by atoms with van der Waals surface area (Å²) in [6, 6.07) is 13.2. The quantitative estimate of drug-likeness (QED) is 0.698. The number of carbonyl (C=O) groups excluding carboxylic acids is 1. The van der Waals surface area contributed by atoms with E-state index < -0.39 is 0 Å². The predicted molar refractivity (Wildman–Crippen MR) is 96.4 cm³/mol. The lowest BCUT2D eigenvalue weighted by molar-refractivity contribution is 0.102. The van der Waals surface area contributed by atoms with E-state index in [4.69, 9.17) is 11.6 Å². The lowest BCUT2D eigenvalue weighted by atomic mass is 10.0. The zero-order valence-corrected chi connectivity index (χ0v) is 14.3. The van der Waals surface area contributed by atoms with Crippen LogP contribution in [-0.2, 0) is 0 Å². The summed E-state index contributed by atoms with van der Waals surface area (Å²) in [5.74, 6) is -0.253. The average Bonchev–Trinajstić information content (AvgIpc) is 2.95. The van der Waals surface area contributed by atoms with E-state index >= 15 is 0 Å². The molecule has 5 heteroatoms. The van der Waals surface area contributed by atoms with Gasteiger partial charge in [-0.3, -0.25) is 10.1 Å². The molecule has 0 aliphatic rings. The van der Waals surface area contributed by atoms with Gasteiger partial charge in [0.05, 0.1) is 16.3 Å². The number of nitrogens with one attached hydrogen (secondary N) is 1. The Labute approximate surface area is 144 Å². The number of amides is 1. The van der Waals surface area contributed by atoms with Crippen molar-refractivity contribution in [2.45, 2.75) is 13.8 Å². The molecule has 0 bridgehead atoms. The molecule has 0 radical (unpaired) electrons. The van der Waals surface area contributed by atoms with Crippen LogP contribution in [0.4, 0.5) is 5.13 Å². The van der Waals surface area contributed by atoms with Gasteiger partial charge in [-0.15, -0.1) is 11.3 Å². The smallest absolute Gasteiger partial charge is 0.258 e. The van der Waals surface area contributed by atoms with Crippen LogP contribution in [0.1, 0.15) is 21.5 Å². The second-order valence-corrected chi connectivity index (χ2v) is 6.56. The highest BCUT2D eigenvalue weighted by molar-refractivity contribution is 7.14. The van der Waals surface area contributed by atoms with Crippen molar-refractivity contribution < 1.29 is 4.79 Å². The van der Waals surface area contributed by atoms with E-state index in [2.05, 4.69) is 42.3 Å². The standard InChI is InChI=1S/C18H15ClN2OS/c1-11-7-8-13(12(2)9-11)16-10-23-18(20-16)21-17(22)14-5-3-4-6-15(14)19/h3-10H,1-2H3,(H,20,21,22). The molecule has 3 aromatic rings. The summed E-state index contributed by atoms with van der Waals surface area (Å²) in [4.78, 5) is 16.8. The van der Waals surface area contributed by atoms with E-state index in [9.17, 15) is 4.79 Å². The lowest BCUT2D eigenvalue weighted by Crippen LogP contribution is -2.12. The van der Waals surface area contributed by atoms with Crippen molar-refractivity contribution in [2.24, 2.45) is 0 Å². The van der Waals surface area contributed by atoms with Gasteiger partial charge < -0.3 is 0 Å². The number of aryl methyl sites for hydroxylation is 2. The Morgan fingerprint density at radius 3 is 2.70 bits per heavy atom. The van der Waals surface area contributed by atoms with Gasteiger partial charge in [-0.1, -0.05) is 47.5 Å². The number of benzene rings is 2. The molecule has 1 aromatic heterocycles. The fourth-order valence-corrected chi connectivity index (χ4v) is 3.29. The van der Waals surface area contributed by atoms with Gasteiger partial charge in [0.25, 0.3) is 5.91 Å². The molecule has 3 rings (SSSR count). The van der Waals surface area contributed by atoms with Crippen LogP contribution >= 0.6 is 22.9 Å². The molecule has 23 heavy (non-hydrogen) atoms. The first-order valence-corrected chi connectivity index (χ1v) is 8.39. The molecule has 116 valence electrons. The molecule has 1 N–H and O–H groups in total. The number of hydrogen-bond acceptors (Lipinski definition) is 3. The first-order valence-electron chi connectivity index (χ1n) is 7.13. The highest BCUT2D eigenvalue weighted by Gasteiger charge is 2.13. The molecular weight excluding hydrogens is 328 g/mol. The van der Waals surface area contributed by atoms with E-state index in [0.717, 1.165) is 11.3 Å². The zero-order valence-electron chi connectivity index (χ0n) is 12.8. The third-order valence-electron chi connectivity index (χ3n) is 3.50. The van der Waals surface area contributed by atoms with E-state index in [-0.39, 0.29) is 5.91 Å². The minimum absolute atomic E-state index is 0.253. The third-order valence-corrected chi connectivity index (χ3v) is 4.59. The van der Waals surface area contributed by atoms with Crippen molar-refractivity contribution in [3.8, 4) is 11.3 Å². The fourth-order valence-electron chi connectivity index (χ4n) is 2.37. The number of rotatable bonds is 3. The summed E-state index contributed by atoms with van der Waals surface area (Å²) in [6.07, 6.45) is 0. The second-order valence-electron chi connectivity index (χ2n) is 5.29. The molecule has 0 aliphatic carbocycles. The first-order chi connectivity index (χ1) is 11.0. The van der Waals surface area contributed by atoms with Crippen molar-refractivity contribution in [3.63, 3.8) is 0 Å². The maximum absolute atomic E-state index is 12.3. The molecule has 0 atom stereocenters. The Bertz CT molecular complexity index is 873. The maximum atomic E-state index is 12.3. The summed E-state index contributed by atoms with van der Waals surface area (Å²) in [5, 5.41) is 5.74. The summed E-state index contributed by atoms with van der Waals surface area (Å²) >= 11 is 7.44. The monoisotopic (exact) mass is 342 g/mol. The van der Waals surface area contributed by atoms with E-state index in [1.54, 1.807) is 24.3 Å². The predicted octanol–water partition coefficient (Wildman–Crippen LogP) is 5.33. The first kappa shape index (κ1) is 15.7. The van der Waals surface area contributed by atoms with Gasteiger partial charge in [-0.25, -0.2) is 4.98 Å². The molecule has 0 aliphatic heterocycles. The number of nitrogens with zero attached hydrogens (tertiary/aromatic N) is 1. The Kier molecular flexibility index (Phi) is 4.46. The molecular formula is C18H15ClN2OS. The number of halogens is 1. The van der Waals surface area contributed by atoms with E-state index in [1.165, 1.54) is 22.5 Å². The number of anilines is 1. The van der Waals surface area contributed by atoms with Crippen LogP contribution in [0.2, 0.25) is 5.02 Å². The SMILES string of the molecule is Cc1ccc(-c2csc(NC(=O)c3ccccc3Cl)n2)c(C)c1. The summed E-state index contributed by atoms with van der Waals surface area (Å²) in [7, 11) is 0. The summed E-state index contributed by atoms with van der Waals surface area (Å²) in [5.41, 5.74) is 4.76. The van der Waals surface area contributed by atoms with E-state index in [1.807, 2.05) is 5.38 Å². The Hall–Kier alpha value is -2.17. The van der Waals surface area contributed by atoms with Crippen LogP contribution in [-0.4, -0.2) is 10.9 Å². The summed E-state index contributed by atoms with van der Waals surface area (Å²) in [6.45, 7) is 4.12. The van der Waals surface area contributed by atoms with Gasteiger partial charge in [0.15, 0.2) is 5.13 Å². The van der Waals surface area contributed by atoms with Crippen LogP contribution in [0.15, 0.2) is 47.8 Å². The highest BCUT2D eigenvalue weighted by atomic mass is 35.5. The van der Waals surface area contributed by atoms with Gasteiger partial charge >= 0.3 is 0 Å². The van der Waals surface area contributed by atoms with Crippen LogP contribution in [0.25, 0.3) is 11.3 Å². The number of thiazole rings is 1. The van der Waals surface area contributed by atoms with Crippen molar-refractivity contribution in [2.75, 3.05) is 5.32 Å². The van der Waals surface area contributed by atoms with Crippen molar-refractivity contribution in [1.29, 1.82) is 0 Å². The van der Waals surface area contributed by atoms with Crippen LogP contribution in [0.3, 0.4) is 0 Å². The van der Waals surface area contributed by atoms with Gasteiger partial charge in [-0.2, -0.15) is 0 Å². The molecule has 1 amide bonds. The number of hydrogen-bond donors (Lipinski definition) is 1. The Morgan fingerprint density at radius 1 is 1.17 bits per heavy atom. The largest absolute Gasteiger partial charge is 0.298 e. The third kappa shape index (κ3) is 3.44. The van der Waals surface area contributed by atoms with Crippen LogP contribution in [0, 0.1) is 13.8 Å². The lowest BCUT2D eigenvalue weighted by Gasteiger charge is -2.04. The van der Waals surface area contributed by atoms with Gasteiger partial charge in [0.2, 0.25) is 0 Å². The highest BCUT2D eigenvalue weighted by Crippen LogP contribution is 2.28. The van der Waals surface area contributed by atoms with Crippen LogP contribution < -0.4 is 5.32 Å². The molecule has 1 heterocycles. The summed E-state index contributed by atoms with van der Waals surface area (Å²) < 4.78 is 0. The molecule has 0 saturated heterocycles. The maximum Gasteiger partial charge on any atom is 0.258 e. The second kappa shape index (κ2) is 6.52. The normalized spacial score (nSPS) is 10.6. The Morgan fingerprint density at radius 2 is 1.96 bits per heavy atom. The average molecular weight is 343 g/mol. The zero-order chi connectivity index (χ0) is 16.4. The minimum atomic E-state index is -0.253. The van der Waals surface area contributed by atoms with Gasteiger partial charge in [0.1, 0.15) is 0 Å². The van der Waals surface area contributed by atoms with Crippen molar-refractivity contribution >= 4 is 34.0 Å². The topological polar surface area (TPSA) is 42.0 Å². The minimum Gasteiger partial charge on any atom is -0.298 e. The molecule has 3 nitrogen and oxygen atoms in total. The van der Waals surface area contributed by atoms with Gasteiger partial charge in [0, 0.05) is 10.9 Å². The number of aromatic nitrogens is 1. The molecule has 2 aromatic carbocycles.